The Labute approximate surface area is 116 Å². The second-order valence-electron chi connectivity index (χ2n) is 5.04. The fourth-order valence-corrected chi connectivity index (χ4v) is 4.29. The quantitative estimate of drug-likeness (QED) is 0.842. The lowest BCUT2D eigenvalue weighted by molar-refractivity contribution is -0.120. The summed E-state index contributed by atoms with van der Waals surface area (Å²) in [4.78, 5) is 20.3. The van der Waals surface area contributed by atoms with Crippen molar-refractivity contribution < 1.29 is 13.2 Å². The van der Waals surface area contributed by atoms with Gasteiger partial charge in [0.15, 0.2) is 9.84 Å². The minimum Gasteiger partial charge on any atom is -0.340 e. The lowest BCUT2D eigenvalue weighted by atomic mass is 10.2. The van der Waals surface area contributed by atoms with Crippen LogP contribution in [-0.2, 0) is 21.2 Å². The number of aromatic nitrogens is 2. The van der Waals surface area contributed by atoms with Crippen LogP contribution in [0.5, 0.6) is 0 Å². The Morgan fingerprint density at radius 2 is 2.20 bits per heavy atom. The summed E-state index contributed by atoms with van der Waals surface area (Å²) in [7, 11) is -3.00. The van der Waals surface area contributed by atoms with Gasteiger partial charge in [0.1, 0.15) is 5.82 Å². The molecule has 7 heteroatoms. The molecule has 6 nitrogen and oxygen atoms in total. The lowest BCUT2D eigenvalue weighted by Crippen LogP contribution is -2.34. The van der Waals surface area contributed by atoms with Gasteiger partial charge in [0.05, 0.1) is 29.1 Å². The number of para-hydroxylation sites is 2. The number of hydrogen-bond donors (Lipinski definition) is 1. The molecule has 2 heterocycles. The summed E-state index contributed by atoms with van der Waals surface area (Å²) in [6.45, 7) is 0.304. The largest absolute Gasteiger partial charge is 0.340 e. The van der Waals surface area contributed by atoms with Crippen molar-refractivity contribution in [3.05, 3.63) is 30.1 Å². The maximum Gasteiger partial charge on any atom is 0.210 e. The third-order valence-corrected chi connectivity index (χ3v) is 5.33. The molecule has 1 N–H and O–H groups in total. The van der Waals surface area contributed by atoms with Crippen LogP contribution in [0.2, 0.25) is 0 Å². The summed E-state index contributed by atoms with van der Waals surface area (Å²) in [5.41, 5.74) is 1.75. The molecule has 3 rings (SSSR count). The fourth-order valence-electron chi connectivity index (χ4n) is 2.54. The van der Waals surface area contributed by atoms with E-state index in [1.807, 2.05) is 24.3 Å². The smallest absolute Gasteiger partial charge is 0.210 e. The Morgan fingerprint density at radius 3 is 2.85 bits per heavy atom. The molecule has 0 saturated carbocycles. The minimum atomic E-state index is -3.00. The van der Waals surface area contributed by atoms with Gasteiger partial charge in [0.25, 0.3) is 0 Å². The van der Waals surface area contributed by atoms with Crippen LogP contribution in [0.4, 0.5) is 0 Å². The molecule has 0 spiro atoms. The van der Waals surface area contributed by atoms with Gasteiger partial charge in [-0.1, -0.05) is 12.1 Å². The van der Waals surface area contributed by atoms with Crippen LogP contribution in [0, 0.1) is 0 Å². The van der Waals surface area contributed by atoms with E-state index in [2.05, 4.69) is 9.97 Å². The molecule has 1 aliphatic rings. The van der Waals surface area contributed by atoms with Crippen molar-refractivity contribution >= 4 is 27.3 Å². The summed E-state index contributed by atoms with van der Waals surface area (Å²) in [6, 6.07) is 7.36. The molecule has 106 valence electrons. The summed E-state index contributed by atoms with van der Waals surface area (Å²) in [5, 5.41) is 0. The number of nitrogens with zero attached hydrogens (tertiary/aromatic N) is 2. The fraction of sp³-hybridized carbons (Fsp3) is 0.385. The van der Waals surface area contributed by atoms with Gasteiger partial charge in [-0.15, -0.1) is 0 Å². The van der Waals surface area contributed by atoms with Crippen molar-refractivity contribution in [1.82, 2.24) is 14.9 Å². The first-order chi connectivity index (χ1) is 9.57. The van der Waals surface area contributed by atoms with Crippen molar-refractivity contribution in [2.75, 3.05) is 11.5 Å². The van der Waals surface area contributed by atoms with Crippen LogP contribution in [-0.4, -0.2) is 47.2 Å². The molecule has 20 heavy (non-hydrogen) atoms. The number of sulfone groups is 1. The van der Waals surface area contributed by atoms with Gasteiger partial charge in [0.2, 0.25) is 6.41 Å². The first-order valence-corrected chi connectivity index (χ1v) is 8.24. The van der Waals surface area contributed by atoms with Crippen LogP contribution in [0.3, 0.4) is 0 Å². The van der Waals surface area contributed by atoms with Crippen molar-refractivity contribution in [2.24, 2.45) is 0 Å². The monoisotopic (exact) mass is 293 g/mol. The predicted molar refractivity (Wildman–Crippen MR) is 74.8 cm³/mol. The molecule has 0 bridgehead atoms. The molecule has 0 aliphatic carbocycles. The van der Waals surface area contributed by atoms with Crippen LogP contribution in [0.25, 0.3) is 11.0 Å². The molecule has 1 fully saturated rings. The van der Waals surface area contributed by atoms with E-state index in [0.29, 0.717) is 25.2 Å². The maximum absolute atomic E-state index is 11.5. The van der Waals surface area contributed by atoms with E-state index in [1.165, 1.54) is 4.90 Å². The molecule has 1 atom stereocenters. The van der Waals surface area contributed by atoms with Gasteiger partial charge in [-0.05, 0) is 18.6 Å². The number of benzene rings is 1. The molecule has 1 saturated heterocycles. The summed E-state index contributed by atoms with van der Waals surface area (Å²) in [6.07, 6.45) is 1.21. The van der Waals surface area contributed by atoms with E-state index < -0.39 is 9.84 Å². The number of carbonyl (C=O) groups is 1. The number of imidazole rings is 1. The van der Waals surface area contributed by atoms with Crippen molar-refractivity contribution in [3.63, 3.8) is 0 Å². The average molecular weight is 293 g/mol. The number of aromatic amines is 1. The summed E-state index contributed by atoms with van der Waals surface area (Å²) < 4.78 is 23.0. The molecule has 2 aromatic rings. The van der Waals surface area contributed by atoms with E-state index in [1.54, 1.807) is 0 Å². The lowest BCUT2D eigenvalue weighted by Gasteiger charge is -2.22. The summed E-state index contributed by atoms with van der Waals surface area (Å²) in [5.74, 6) is 0.872. The van der Waals surface area contributed by atoms with Crippen molar-refractivity contribution in [3.8, 4) is 0 Å². The zero-order chi connectivity index (χ0) is 14.2. The zero-order valence-corrected chi connectivity index (χ0v) is 11.6. The SMILES string of the molecule is O=CN(Cc1nc2ccccc2[nH]1)[C@@H]1CCS(=O)(=O)C1. The minimum absolute atomic E-state index is 0.0476. The Balaban J connectivity index is 1.79. The molecule has 0 radical (unpaired) electrons. The zero-order valence-electron chi connectivity index (χ0n) is 10.8. The molecule has 1 amide bonds. The van der Waals surface area contributed by atoms with Gasteiger partial charge in [0, 0.05) is 6.04 Å². The van der Waals surface area contributed by atoms with Crippen LogP contribution < -0.4 is 0 Å². The van der Waals surface area contributed by atoms with Gasteiger partial charge >= 0.3 is 0 Å². The van der Waals surface area contributed by atoms with Gasteiger partial charge in [-0.3, -0.25) is 4.79 Å². The van der Waals surface area contributed by atoms with E-state index in [-0.39, 0.29) is 17.5 Å². The first kappa shape index (κ1) is 13.1. The number of carbonyl (C=O) groups excluding carboxylic acids is 1. The Kier molecular flexibility index (Phi) is 3.21. The molecule has 1 aliphatic heterocycles. The van der Waals surface area contributed by atoms with Gasteiger partial charge in [-0.2, -0.15) is 0 Å². The van der Waals surface area contributed by atoms with Crippen molar-refractivity contribution in [2.45, 2.75) is 19.0 Å². The Morgan fingerprint density at radius 1 is 1.40 bits per heavy atom. The highest BCUT2D eigenvalue weighted by atomic mass is 32.2. The van der Waals surface area contributed by atoms with Crippen molar-refractivity contribution in [1.29, 1.82) is 0 Å². The number of rotatable bonds is 4. The Bertz CT molecular complexity index is 705. The molecular formula is C13H15N3O3S. The third-order valence-electron chi connectivity index (χ3n) is 3.58. The highest BCUT2D eigenvalue weighted by Gasteiger charge is 2.32. The second-order valence-corrected chi connectivity index (χ2v) is 7.26. The molecule has 1 aromatic heterocycles. The van der Waals surface area contributed by atoms with Crippen LogP contribution >= 0.6 is 0 Å². The van der Waals surface area contributed by atoms with Crippen LogP contribution in [0.15, 0.2) is 24.3 Å². The highest BCUT2D eigenvalue weighted by molar-refractivity contribution is 7.91. The topological polar surface area (TPSA) is 83.1 Å². The Hall–Kier alpha value is -1.89. The predicted octanol–water partition coefficient (Wildman–Crippen LogP) is 0.708. The maximum atomic E-state index is 11.5. The number of fused-ring (bicyclic) bond motifs is 1. The average Bonchev–Trinajstić information content (AvgIpc) is 2.98. The summed E-state index contributed by atoms with van der Waals surface area (Å²) >= 11 is 0. The number of amides is 1. The number of H-pyrrole nitrogens is 1. The van der Waals surface area contributed by atoms with Gasteiger partial charge in [-0.25, -0.2) is 13.4 Å². The molecule has 0 unspecified atom stereocenters. The van der Waals surface area contributed by atoms with Gasteiger partial charge < -0.3 is 9.88 Å². The van der Waals surface area contributed by atoms with E-state index >= 15 is 0 Å². The standard InChI is InChI=1S/C13H15N3O3S/c17-9-16(10-5-6-20(18,19)8-10)7-13-14-11-3-1-2-4-12(11)15-13/h1-4,9-10H,5-8H2,(H,14,15)/t10-/m1/s1. The normalized spacial score (nSPS) is 21.1. The van der Waals surface area contributed by atoms with E-state index in [0.717, 1.165) is 11.0 Å². The highest BCUT2D eigenvalue weighted by Crippen LogP contribution is 2.19. The first-order valence-electron chi connectivity index (χ1n) is 6.42. The second kappa shape index (κ2) is 4.90. The van der Waals surface area contributed by atoms with Crippen LogP contribution in [0.1, 0.15) is 12.2 Å². The number of nitrogens with one attached hydrogen (secondary N) is 1. The van der Waals surface area contributed by atoms with E-state index in [9.17, 15) is 13.2 Å². The molecular weight excluding hydrogens is 278 g/mol. The third kappa shape index (κ3) is 2.53. The molecule has 1 aromatic carbocycles. The van der Waals surface area contributed by atoms with E-state index in [4.69, 9.17) is 0 Å². The number of hydrogen-bond acceptors (Lipinski definition) is 4.